The number of nitriles is 1. The number of nitrogens with zero attached hydrogens (tertiary/aromatic N) is 1. The van der Waals surface area contributed by atoms with Crippen LogP contribution in [0.4, 0.5) is 0 Å². The van der Waals surface area contributed by atoms with Crippen molar-refractivity contribution in [2.45, 2.75) is 10.6 Å². The van der Waals surface area contributed by atoms with Crippen molar-refractivity contribution in [1.29, 1.82) is 5.26 Å². The van der Waals surface area contributed by atoms with Crippen molar-refractivity contribution in [2.24, 2.45) is 0 Å². The molecule has 4 heteroatoms. The molecule has 0 aliphatic rings. The molecule has 0 aliphatic heterocycles. The van der Waals surface area contributed by atoms with Gasteiger partial charge in [0.2, 0.25) is 0 Å². The number of halogens is 1. The Hall–Kier alpha value is -0.690. The largest absolute Gasteiger partial charge is 0.198 e. The van der Waals surface area contributed by atoms with E-state index in [-0.39, 0.29) is 0 Å². The van der Waals surface area contributed by atoms with E-state index >= 15 is 0 Å². The molecular formula is C10H6ClNS2. The van der Waals surface area contributed by atoms with Gasteiger partial charge in [-0.3, -0.25) is 0 Å². The maximum absolute atomic E-state index is 8.60. The molecule has 0 aliphatic carbocycles. The van der Waals surface area contributed by atoms with Gasteiger partial charge in [-0.1, -0.05) is 11.6 Å². The first-order chi connectivity index (χ1) is 6.70. The summed E-state index contributed by atoms with van der Waals surface area (Å²) in [4.78, 5) is 0. The van der Waals surface area contributed by atoms with Gasteiger partial charge in [-0.2, -0.15) is 5.26 Å². The second-order valence-electron chi connectivity index (χ2n) is 2.90. The molecule has 0 atom stereocenters. The van der Waals surface area contributed by atoms with Gasteiger partial charge in [-0.15, -0.1) is 24.0 Å². The first-order valence-electron chi connectivity index (χ1n) is 3.98. The molecule has 2 rings (SSSR count). The van der Waals surface area contributed by atoms with Crippen molar-refractivity contribution in [3.05, 3.63) is 28.8 Å². The van der Waals surface area contributed by atoms with Crippen LogP contribution in [0.15, 0.2) is 22.4 Å². The van der Waals surface area contributed by atoms with Crippen LogP contribution in [0.3, 0.4) is 0 Å². The minimum atomic E-state index is 0.354. The number of rotatable bonds is 1. The van der Waals surface area contributed by atoms with Gasteiger partial charge < -0.3 is 0 Å². The second-order valence-corrected chi connectivity index (χ2v) is 5.18. The van der Waals surface area contributed by atoms with Crippen LogP contribution in [0.25, 0.3) is 10.1 Å². The first kappa shape index (κ1) is 9.85. The standard InChI is InChI=1S/C10H6ClNS2/c11-8-5-9-7(4-10(13)14-9)3-6(8)1-2-12/h3-5,13H,1H2. The molecule has 14 heavy (non-hydrogen) atoms. The summed E-state index contributed by atoms with van der Waals surface area (Å²) in [5.74, 6) is 0. The van der Waals surface area contributed by atoms with E-state index in [1.54, 1.807) is 11.3 Å². The highest BCUT2D eigenvalue weighted by Crippen LogP contribution is 2.32. The summed E-state index contributed by atoms with van der Waals surface area (Å²) in [6.45, 7) is 0. The summed E-state index contributed by atoms with van der Waals surface area (Å²) in [6, 6.07) is 7.93. The molecule has 1 nitrogen and oxygen atoms in total. The summed E-state index contributed by atoms with van der Waals surface area (Å²) in [5.41, 5.74) is 0.882. The zero-order valence-electron chi connectivity index (χ0n) is 7.12. The summed E-state index contributed by atoms with van der Waals surface area (Å²) in [5, 5.41) is 10.4. The van der Waals surface area contributed by atoms with E-state index in [1.807, 2.05) is 18.2 Å². The maximum Gasteiger partial charge on any atom is 0.0670 e. The Kier molecular flexibility index (Phi) is 2.69. The highest BCUT2D eigenvalue weighted by Gasteiger charge is 2.05. The maximum atomic E-state index is 8.60. The number of hydrogen-bond acceptors (Lipinski definition) is 3. The molecule has 0 amide bonds. The van der Waals surface area contributed by atoms with Gasteiger partial charge in [0.05, 0.1) is 16.7 Å². The van der Waals surface area contributed by atoms with Crippen molar-refractivity contribution in [1.82, 2.24) is 0 Å². The van der Waals surface area contributed by atoms with E-state index in [0.717, 1.165) is 19.9 Å². The van der Waals surface area contributed by atoms with E-state index in [0.29, 0.717) is 11.4 Å². The first-order valence-corrected chi connectivity index (χ1v) is 5.63. The molecule has 0 N–H and O–H groups in total. The number of hydrogen-bond donors (Lipinski definition) is 1. The van der Waals surface area contributed by atoms with Crippen LogP contribution >= 0.6 is 35.6 Å². The van der Waals surface area contributed by atoms with Gasteiger partial charge in [0.25, 0.3) is 0 Å². The van der Waals surface area contributed by atoms with Crippen LogP contribution in [0, 0.1) is 11.3 Å². The zero-order valence-corrected chi connectivity index (χ0v) is 9.59. The summed E-state index contributed by atoms with van der Waals surface area (Å²) >= 11 is 11.9. The monoisotopic (exact) mass is 239 g/mol. The lowest BCUT2D eigenvalue weighted by molar-refractivity contribution is 1.27. The van der Waals surface area contributed by atoms with Crippen molar-refractivity contribution >= 4 is 45.7 Å². The molecule has 2 aromatic rings. The Morgan fingerprint density at radius 1 is 1.43 bits per heavy atom. The molecule has 0 unspecified atom stereocenters. The lowest BCUT2D eigenvalue weighted by atomic mass is 10.1. The van der Waals surface area contributed by atoms with Gasteiger partial charge in [-0.25, -0.2) is 0 Å². The van der Waals surface area contributed by atoms with Crippen LogP contribution in [0.5, 0.6) is 0 Å². The Labute approximate surface area is 96.3 Å². The molecular weight excluding hydrogens is 234 g/mol. The van der Waals surface area contributed by atoms with Crippen LogP contribution in [0.2, 0.25) is 5.02 Å². The quantitative estimate of drug-likeness (QED) is 0.750. The molecule has 1 heterocycles. The Balaban J connectivity index is 2.65. The molecule has 0 bridgehead atoms. The van der Waals surface area contributed by atoms with Crippen LogP contribution in [0.1, 0.15) is 5.56 Å². The molecule has 0 spiro atoms. The van der Waals surface area contributed by atoms with E-state index in [9.17, 15) is 0 Å². The van der Waals surface area contributed by atoms with Gasteiger partial charge in [0.1, 0.15) is 0 Å². The third kappa shape index (κ3) is 1.74. The molecule has 0 fully saturated rings. The third-order valence-electron chi connectivity index (χ3n) is 1.94. The SMILES string of the molecule is N#CCc1cc2cc(S)sc2cc1Cl. The van der Waals surface area contributed by atoms with Crippen LogP contribution in [-0.2, 0) is 6.42 Å². The average molecular weight is 240 g/mol. The van der Waals surface area contributed by atoms with Gasteiger partial charge in [0, 0.05) is 9.72 Å². The minimum absolute atomic E-state index is 0.354. The van der Waals surface area contributed by atoms with Gasteiger partial charge in [-0.05, 0) is 29.1 Å². The lowest BCUT2D eigenvalue weighted by Gasteiger charge is -1.98. The Morgan fingerprint density at radius 2 is 2.21 bits per heavy atom. The van der Waals surface area contributed by atoms with Crippen molar-refractivity contribution in [3.8, 4) is 6.07 Å². The Bertz CT molecular complexity index is 525. The highest BCUT2D eigenvalue weighted by molar-refractivity contribution is 7.83. The predicted octanol–water partition coefficient (Wildman–Crippen LogP) is 3.91. The summed E-state index contributed by atoms with van der Waals surface area (Å²) in [7, 11) is 0. The fourth-order valence-electron chi connectivity index (χ4n) is 1.32. The zero-order chi connectivity index (χ0) is 10.1. The molecule has 1 aromatic heterocycles. The average Bonchev–Trinajstić information content (AvgIpc) is 2.45. The predicted molar refractivity (Wildman–Crippen MR) is 63.4 cm³/mol. The number of thiol groups is 1. The van der Waals surface area contributed by atoms with Crippen LogP contribution in [-0.4, -0.2) is 0 Å². The normalized spacial score (nSPS) is 10.4. The Morgan fingerprint density at radius 3 is 2.93 bits per heavy atom. The van der Waals surface area contributed by atoms with E-state index in [1.165, 1.54) is 0 Å². The highest BCUT2D eigenvalue weighted by atomic mass is 35.5. The molecule has 70 valence electrons. The number of benzene rings is 1. The molecule has 1 aromatic carbocycles. The van der Waals surface area contributed by atoms with Crippen molar-refractivity contribution in [3.63, 3.8) is 0 Å². The number of thiophene rings is 1. The number of fused-ring (bicyclic) bond motifs is 1. The van der Waals surface area contributed by atoms with E-state index in [4.69, 9.17) is 16.9 Å². The summed E-state index contributed by atoms with van der Waals surface area (Å²) < 4.78 is 2.08. The third-order valence-corrected chi connectivity index (χ3v) is 3.60. The topological polar surface area (TPSA) is 23.8 Å². The van der Waals surface area contributed by atoms with E-state index in [2.05, 4.69) is 18.7 Å². The lowest BCUT2D eigenvalue weighted by Crippen LogP contribution is -1.82. The summed E-state index contributed by atoms with van der Waals surface area (Å²) in [6.07, 6.45) is 0.354. The molecule has 0 saturated carbocycles. The van der Waals surface area contributed by atoms with E-state index < -0.39 is 0 Å². The molecule has 0 saturated heterocycles. The van der Waals surface area contributed by atoms with Gasteiger partial charge in [0.15, 0.2) is 0 Å². The van der Waals surface area contributed by atoms with Crippen LogP contribution < -0.4 is 0 Å². The molecule has 0 radical (unpaired) electrons. The van der Waals surface area contributed by atoms with Crippen molar-refractivity contribution in [2.75, 3.05) is 0 Å². The fourth-order valence-corrected chi connectivity index (χ4v) is 2.87. The van der Waals surface area contributed by atoms with Crippen molar-refractivity contribution < 1.29 is 0 Å². The minimum Gasteiger partial charge on any atom is -0.198 e. The fraction of sp³-hybridized carbons (Fsp3) is 0.100. The smallest absolute Gasteiger partial charge is 0.0670 e. The van der Waals surface area contributed by atoms with Gasteiger partial charge >= 0.3 is 0 Å². The second kappa shape index (κ2) is 3.82.